The number of nitrogens with one attached hydrogen (secondary N) is 1. The molecule has 0 amide bonds. The van der Waals surface area contributed by atoms with Crippen LogP contribution in [0.1, 0.15) is 5.69 Å². The zero-order valence-corrected chi connectivity index (χ0v) is 15.8. The van der Waals surface area contributed by atoms with Crippen LogP contribution >= 0.6 is 11.3 Å². The maximum Gasteiger partial charge on any atom is 0.193 e. The molecule has 6 nitrogen and oxygen atoms in total. The third-order valence-electron chi connectivity index (χ3n) is 3.43. The van der Waals surface area contributed by atoms with Crippen molar-refractivity contribution >= 4 is 22.4 Å². The second kappa shape index (κ2) is 9.22. The molecule has 0 aliphatic carbocycles. The molecular formula is C17H24FN5OS. The Balaban J connectivity index is 1.77. The summed E-state index contributed by atoms with van der Waals surface area (Å²) in [5.41, 5.74) is 0.978. The molecule has 0 aliphatic heterocycles. The van der Waals surface area contributed by atoms with Crippen LogP contribution in [0.2, 0.25) is 0 Å². The molecule has 25 heavy (non-hydrogen) atoms. The Labute approximate surface area is 152 Å². The van der Waals surface area contributed by atoms with Gasteiger partial charge in [-0.2, -0.15) is 0 Å². The van der Waals surface area contributed by atoms with Crippen molar-refractivity contribution in [1.82, 2.24) is 15.2 Å². The molecule has 0 atom stereocenters. The first-order chi connectivity index (χ1) is 12.0. The molecule has 2 rings (SSSR count). The third-order valence-corrected chi connectivity index (χ3v) is 4.49. The van der Waals surface area contributed by atoms with E-state index in [1.54, 1.807) is 30.5 Å². The highest BCUT2D eigenvalue weighted by atomic mass is 32.1. The highest BCUT2D eigenvalue weighted by Crippen LogP contribution is 2.17. The van der Waals surface area contributed by atoms with E-state index in [1.807, 2.05) is 36.3 Å². The Morgan fingerprint density at radius 2 is 2.00 bits per heavy atom. The monoisotopic (exact) mass is 365 g/mol. The summed E-state index contributed by atoms with van der Waals surface area (Å²) in [6, 6.07) is 6.00. The van der Waals surface area contributed by atoms with Crippen LogP contribution in [0.25, 0.3) is 0 Å². The van der Waals surface area contributed by atoms with Gasteiger partial charge >= 0.3 is 0 Å². The summed E-state index contributed by atoms with van der Waals surface area (Å²) in [6.07, 6.45) is 0. The van der Waals surface area contributed by atoms with Crippen molar-refractivity contribution < 1.29 is 9.13 Å². The predicted molar refractivity (Wildman–Crippen MR) is 101 cm³/mol. The van der Waals surface area contributed by atoms with Gasteiger partial charge in [0.25, 0.3) is 0 Å². The SMILES string of the molecule is CN=C(NCc1csc(N(C)C)n1)N(C)CCOc1ccc(F)cc1. The van der Waals surface area contributed by atoms with Gasteiger partial charge in [-0.05, 0) is 24.3 Å². The molecule has 0 fully saturated rings. The fraction of sp³-hybridized carbons (Fsp3) is 0.412. The Morgan fingerprint density at radius 3 is 2.60 bits per heavy atom. The van der Waals surface area contributed by atoms with E-state index < -0.39 is 0 Å². The predicted octanol–water partition coefficient (Wildman–Crippen LogP) is 2.43. The van der Waals surface area contributed by atoms with Gasteiger partial charge in [0.15, 0.2) is 11.1 Å². The third kappa shape index (κ3) is 5.90. The molecule has 1 aromatic carbocycles. The molecule has 0 spiro atoms. The second-order valence-corrected chi connectivity index (χ2v) is 6.48. The van der Waals surface area contributed by atoms with E-state index in [0.29, 0.717) is 25.4 Å². The van der Waals surface area contributed by atoms with Gasteiger partial charge in [-0.3, -0.25) is 4.99 Å². The first-order valence-corrected chi connectivity index (χ1v) is 8.79. The van der Waals surface area contributed by atoms with Crippen molar-refractivity contribution in [2.24, 2.45) is 4.99 Å². The van der Waals surface area contributed by atoms with Crippen LogP contribution in [0.15, 0.2) is 34.6 Å². The van der Waals surface area contributed by atoms with Gasteiger partial charge in [0.1, 0.15) is 18.2 Å². The number of guanidine groups is 1. The fourth-order valence-electron chi connectivity index (χ4n) is 2.07. The number of thiazole rings is 1. The Morgan fingerprint density at radius 1 is 1.28 bits per heavy atom. The van der Waals surface area contributed by atoms with E-state index in [-0.39, 0.29) is 5.82 Å². The summed E-state index contributed by atoms with van der Waals surface area (Å²) in [5.74, 6) is 1.15. The summed E-state index contributed by atoms with van der Waals surface area (Å²) in [7, 11) is 7.63. The molecule has 2 aromatic rings. The van der Waals surface area contributed by atoms with Crippen LogP contribution in [0.3, 0.4) is 0 Å². The van der Waals surface area contributed by atoms with E-state index in [4.69, 9.17) is 4.74 Å². The molecule has 0 saturated heterocycles. The maximum atomic E-state index is 12.9. The first-order valence-electron chi connectivity index (χ1n) is 7.91. The molecule has 1 aromatic heterocycles. The maximum absolute atomic E-state index is 12.9. The summed E-state index contributed by atoms with van der Waals surface area (Å²) in [5, 5.41) is 6.30. The van der Waals surface area contributed by atoms with E-state index >= 15 is 0 Å². The molecule has 0 bridgehead atoms. The van der Waals surface area contributed by atoms with Gasteiger partial charge < -0.3 is 19.9 Å². The zero-order chi connectivity index (χ0) is 18.2. The van der Waals surface area contributed by atoms with E-state index in [9.17, 15) is 4.39 Å². The fourth-order valence-corrected chi connectivity index (χ4v) is 2.83. The largest absolute Gasteiger partial charge is 0.492 e. The number of rotatable bonds is 7. The van der Waals surface area contributed by atoms with Crippen molar-refractivity contribution in [1.29, 1.82) is 0 Å². The summed E-state index contributed by atoms with van der Waals surface area (Å²) in [4.78, 5) is 12.8. The molecular weight excluding hydrogens is 341 g/mol. The number of nitrogens with zero attached hydrogens (tertiary/aromatic N) is 4. The van der Waals surface area contributed by atoms with E-state index in [1.165, 1.54) is 12.1 Å². The van der Waals surface area contributed by atoms with Gasteiger partial charge in [0.05, 0.1) is 18.8 Å². The van der Waals surface area contributed by atoms with Crippen LogP contribution in [-0.2, 0) is 6.54 Å². The van der Waals surface area contributed by atoms with Gasteiger partial charge in [-0.1, -0.05) is 0 Å². The van der Waals surface area contributed by atoms with Crippen molar-refractivity contribution in [2.45, 2.75) is 6.54 Å². The van der Waals surface area contributed by atoms with E-state index in [2.05, 4.69) is 15.3 Å². The van der Waals surface area contributed by atoms with Crippen LogP contribution < -0.4 is 15.0 Å². The lowest BCUT2D eigenvalue weighted by Gasteiger charge is -2.21. The number of halogens is 1. The molecule has 0 unspecified atom stereocenters. The first kappa shape index (κ1) is 19.0. The van der Waals surface area contributed by atoms with Gasteiger partial charge in [-0.15, -0.1) is 11.3 Å². The normalized spacial score (nSPS) is 11.3. The van der Waals surface area contributed by atoms with Gasteiger partial charge in [0, 0.05) is 33.6 Å². The van der Waals surface area contributed by atoms with Crippen LogP contribution in [-0.4, -0.2) is 57.2 Å². The van der Waals surface area contributed by atoms with Crippen LogP contribution in [0.4, 0.5) is 9.52 Å². The van der Waals surface area contributed by atoms with Crippen LogP contribution in [0.5, 0.6) is 5.75 Å². The Bertz CT molecular complexity index is 687. The summed E-state index contributed by atoms with van der Waals surface area (Å²) < 4.78 is 18.5. The average molecular weight is 365 g/mol. The topological polar surface area (TPSA) is 53.0 Å². The molecule has 136 valence electrons. The highest BCUT2D eigenvalue weighted by Gasteiger charge is 2.08. The Hall–Kier alpha value is -2.35. The van der Waals surface area contributed by atoms with Crippen molar-refractivity contribution in [3.05, 3.63) is 41.2 Å². The standard InChI is InChI=1S/C17H24FN5OS/c1-19-16(20-11-14-12-25-17(21-14)22(2)3)23(4)9-10-24-15-7-5-13(18)6-8-15/h5-8,12H,9-11H2,1-4H3,(H,19,20). The Kier molecular flexibility index (Phi) is 7.00. The summed E-state index contributed by atoms with van der Waals surface area (Å²) >= 11 is 1.61. The number of hydrogen-bond acceptors (Lipinski definition) is 5. The second-order valence-electron chi connectivity index (χ2n) is 5.64. The zero-order valence-electron chi connectivity index (χ0n) is 15.0. The van der Waals surface area contributed by atoms with Crippen molar-refractivity contribution in [2.75, 3.05) is 46.2 Å². The number of hydrogen-bond donors (Lipinski definition) is 1. The molecule has 1 heterocycles. The van der Waals surface area contributed by atoms with Crippen molar-refractivity contribution in [3.8, 4) is 5.75 Å². The molecule has 0 radical (unpaired) electrons. The number of likely N-dealkylation sites (N-methyl/N-ethyl adjacent to an activating group) is 1. The lowest BCUT2D eigenvalue weighted by molar-refractivity contribution is 0.281. The van der Waals surface area contributed by atoms with Crippen molar-refractivity contribution in [3.63, 3.8) is 0 Å². The molecule has 0 aliphatic rings. The minimum absolute atomic E-state index is 0.270. The lowest BCUT2D eigenvalue weighted by Crippen LogP contribution is -2.40. The molecule has 1 N–H and O–H groups in total. The molecule has 8 heteroatoms. The van der Waals surface area contributed by atoms with Gasteiger partial charge in [-0.25, -0.2) is 9.37 Å². The minimum Gasteiger partial charge on any atom is -0.492 e. The van der Waals surface area contributed by atoms with Gasteiger partial charge in [0.2, 0.25) is 0 Å². The minimum atomic E-state index is -0.270. The van der Waals surface area contributed by atoms with Crippen LogP contribution in [0, 0.1) is 5.82 Å². The molecule has 0 saturated carbocycles. The average Bonchev–Trinajstić information content (AvgIpc) is 3.06. The lowest BCUT2D eigenvalue weighted by atomic mass is 10.3. The number of aromatic nitrogens is 1. The summed E-state index contributed by atoms with van der Waals surface area (Å²) in [6.45, 7) is 1.74. The number of anilines is 1. The number of benzene rings is 1. The quantitative estimate of drug-likeness (QED) is 0.603. The number of aliphatic imine (C=N–C) groups is 1. The smallest absolute Gasteiger partial charge is 0.193 e. The van der Waals surface area contributed by atoms with E-state index in [0.717, 1.165) is 16.8 Å². The highest BCUT2D eigenvalue weighted by molar-refractivity contribution is 7.13. The number of ether oxygens (including phenoxy) is 1.